The van der Waals surface area contributed by atoms with Crippen LogP contribution in [-0.2, 0) is 28.7 Å². The second-order valence-electron chi connectivity index (χ2n) is 3.87. The van der Waals surface area contributed by atoms with Crippen LogP contribution < -0.4 is 0 Å². The van der Waals surface area contributed by atoms with Crippen LogP contribution in [0.2, 0.25) is 0 Å². The number of carbonyl (C=O) groups is 3. The third-order valence-electron chi connectivity index (χ3n) is 2.81. The Bertz CT molecular complexity index is 405. The van der Waals surface area contributed by atoms with Gasteiger partial charge in [-0.25, -0.2) is 14.7 Å². The highest BCUT2D eigenvalue weighted by molar-refractivity contribution is 5.94. The van der Waals surface area contributed by atoms with Crippen molar-refractivity contribution in [1.29, 1.82) is 0 Å². The summed E-state index contributed by atoms with van der Waals surface area (Å²) < 4.78 is 9.43. The molecule has 0 aromatic rings. The number of nitrogens with zero attached hydrogens (tertiary/aromatic N) is 1. The summed E-state index contributed by atoms with van der Waals surface area (Å²) in [5.74, 6) is -1.61. The molecule has 0 bridgehead atoms. The molecule has 1 saturated heterocycles. The van der Waals surface area contributed by atoms with E-state index >= 15 is 0 Å². The number of rotatable bonds is 5. The van der Waals surface area contributed by atoms with Gasteiger partial charge in [-0.2, -0.15) is 0 Å². The van der Waals surface area contributed by atoms with Gasteiger partial charge in [0.1, 0.15) is 0 Å². The molecule has 1 rings (SSSR count). The van der Waals surface area contributed by atoms with Gasteiger partial charge in [0.25, 0.3) is 0 Å². The van der Waals surface area contributed by atoms with Gasteiger partial charge in [0.15, 0.2) is 5.54 Å². The monoisotopic (exact) mass is 271 g/mol. The van der Waals surface area contributed by atoms with Crippen molar-refractivity contribution in [2.45, 2.75) is 25.3 Å². The molecule has 0 aromatic carbocycles. The van der Waals surface area contributed by atoms with Crippen LogP contribution in [0.15, 0.2) is 12.2 Å². The molecular weight excluding hydrogens is 254 g/mol. The second kappa shape index (κ2) is 6.33. The minimum absolute atomic E-state index is 0.135. The topological polar surface area (TPSA) is 82.1 Å². The van der Waals surface area contributed by atoms with E-state index in [2.05, 4.69) is 0 Å². The van der Waals surface area contributed by atoms with Gasteiger partial charge < -0.3 is 9.47 Å². The molecular formula is C12H17NO6. The molecule has 1 unspecified atom stereocenters. The van der Waals surface area contributed by atoms with Crippen molar-refractivity contribution >= 4 is 17.8 Å². The van der Waals surface area contributed by atoms with E-state index in [9.17, 15) is 14.4 Å². The predicted molar refractivity (Wildman–Crippen MR) is 63.6 cm³/mol. The molecule has 1 aliphatic rings. The maximum Gasteiger partial charge on any atom is 0.338 e. The number of hydrogen-bond acceptors (Lipinski definition) is 6. The number of hydrogen-bond donors (Lipinski definition) is 0. The number of esters is 2. The van der Waals surface area contributed by atoms with Crippen molar-refractivity contribution in [3.63, 3.8) is 0 Å². The lowest BCUT2D eigenvalue weighted by molar-refractivity contribution is -0.199. The van der Waals surface area contributed by atoms with Crippen molar-refractivity contribution in [1.82, 2.24) is 5.06 Å². The molecule has 7 nitrogen and oxygen atoms in total. The first-order chi connectivity index (χ1) is 9.01. The maximum atomic E-state index is 11.9. The highest BCUT2D eigenvalue weighted by Crippen LogP contribution is 2.33. The van der Waals surface area contributed by atoms with Gasteiger partial charge in [0.2, 0.25) is 5.91 Å². The van der Waals surface area contributed by atoms with E-state index in [0.29, 0.717) is 0 Å². The summed E-state index contributed by atoms with van der Waals surface area (Å²) in [4.78, 5) is 39.8. The van der Waals surface area contributed by atoms with E-state index in [1.807, 2.05) is 0 Å². The quantitative estimate of drug-likeness (QED) is 0.525. The SMILES string of the molecule is CCOC(=O)/C=C/C1(C(=O)OC)CCC(=O)N1OC. The van der Waals surface area contributed by atoms with Gasteiger partial charge in [-0.3, -0.25) is 9.63 Å². The largest absolute Gasteiger partial charge is 0.467 e. The van der Waals surface area contributed by atoms with E-state index in [-0.39, 0.29) is 25.4 Å². The zero-order chi connectivity index (χ0) is 14.5. The molecule has 106 valence electrons. The molecule has 0 aliphatic carbocycles. The Labute approximate surface area is 111 Å². The van der Waals surface area contributed by atoms with Crippen LogP contribution in [0, 0.1) is 0 Å². The molecule has 0 spiro atoms. The third kappa shape index (κ3) is 2.93. The summed E-state index contributed by atoms with van der Waals surface area (Å²) in [5, 5.41) is 0.925. The molecule has 1 atom stereocenters. The van der Waals surface area contributed by atoms with E-state index in [1.54, 1.807) is 6.92 Å². The van der Waals surface area contributed by atoms with Gasteiger partial charge in [0, 0.05) is 12.5 Å². The van der Waals surface area contributed by atoms with E-state index in [1.165, 1.54) is 20.3 Å². The van der Waals surface area contributed by atoms with Crippen molar-refractivity contribution < 1.29 is 28.7 Å². The number of amides is 1. The normalized spacial score (nSPS) is 22.9. The molecule has 19 heavy (non-hydrogen) atoms. The smallest absolute Gasteiger partial charge is 0.338 e. The zero-order valence-corrected chi connectivity index (χ0v) is 11.2. The Morgan fingerprint density at radius 1 is 1.42 bits per heavy atom. The van der Waals surface area contributed by atoms with Gasteiger partial charge in [-0.15, -0.1) is 0 Å². The van der Waals surface area contributed by atoms with Gasteiger partial charge >= 0.3 is 11.9 Å². The molecule has 0 N–H and O–H groups in total. The molecule has 1 fully saturated rings. The molecule has 0 aromatic heterocycles. The highest BCUT2D eigenvalue weighted by Gasteiger charge is 2.51. The Morgan fingerprint density at radius 2 is 2.11 bits per heavy atom. The van der Waals surface area contributed by atoms with Crippen LogP contribution >= 0.6 is 0 Å². The van der Waals surface area contributed by atoms with Crippen LogP contribution in [-0.4, -0.2) is 49.3 Å². The lowest BCUT2D eigenvalue weighted by atomic mass is 9.96. The summed E-state index contributed by atoms with van der Waals surface area (Å²) in [5.41, 5.74) is -1.41. The average molecular weight is 271 g/mol. The highest BCUT2D eigenvalue weighted by atomic mass is 16.7. The number of methoxy groups -OCH3 is 1. The number of carbonyl (C=O) groups excluding carboxylic acids is 3. The summed E-state index contributed by atoms with van der Waals surface area (Å²) >= 11 is 0. The zero-order valence-electron chi connectivity index (χ0n) is 11.2. The lowest BCUT2D eigenvalue weighted by Gasteiger charge is -2.30. The van der Waals surface area contributed by atoms with Crippen LogP contribution in [0.25, 0.3) is 0 Å². The van der Waals surface area contributed by atoms with E-state index in [4.69, 9.17) is 14.3 Å². The number of hydroxylamine groups is 2. The van der Waals surface area contributed by atoms with E-state index in [0.717, 1.165) is 11.1 Å². The molecule has 0 saturated carbocycles. The fraction of sp³-hybridized carbons (Fsp3) is 0.583. The van der Waals surface area contributed by atoms with Crippen LogP contribution in [0.5, 0.6) is 0 Å². The van der Waals surface area contributed by atoms with Gasteiger partial charge in [-0.05, 0) is 19.4 Å². The summed E-state index contributed by atoms with van der Waals surface area (Å²) in [6, 6.07) is 0. The Kier molecular flexibility index (Phi) is 5.05. The van der Waals surface area contributed by atoms with Gasteiger partial charge in [-0.1, -0.05) is 0 Å². The second-order valence-corrected chi connectivity index (χ2v) is 3.87. The van der Waals surface area contributed by atoms with Crippen molar-refractivity contribution in [3.05, 3.63) is 12.2 Å². The maximum absolute atomic E-state index is 11.9. The Hall–Kier alpha value is -1.89. The predicted octanol–water partition coefficient (Wildman–Crippen LogP) is 0.201. The number of ether oxygens (including phenoxy) is 2. The Balaban J connectivity index is 3.04. The summed E-state index contributed by atoms with van der Waals surface area (Å²) in [6.45, 7) is 1.89. The van der Waals surface area contributed by atoms with E-state index < -0.39 is 17.5 Å². The first-order valence-electron chi connectivity index (χ1n) is 5.83. The summed E-state index contributed by atoms with van der Waals surface area (Å²) in [6.07, 6.45) is 2.70. The molecule has 1 aliphatic heterocycles. The molecule has 7 heteroatoms. The molecule has 1 amide bonds. The van der Waals surface area contributed by atoms with Crippen molar-refractivity contribution in [3.8, 4) is 0 Å². The fourth-order valence-corrected chi connectivity index (χ4v) is 1.96. The summed E-state index contributed by atoms with van der Waals surface area (Å²) in [7, 11) is 2.48. The van der Waals surface area contributed by atoms with Crippen molar-refractivity contribution in [2.24, 2.45) is 0 Å². The lowest BCUT2D eigenvalue weighted by Crippen LogP contribution is -2.50. The molecule has 1 heterocycles. The first-order valence-corrected chi connectivity index (χ1v) is 5.83. The average Bonchev–Trinajstić information content (AvgIpc) is 2.73. The first kappa shape index (κ1) is 15.2. The standard InChI is InChI=1S/C12H17NO6/c1-4-19-10(15)6-8-12(11(16)17-2)7-5-9(14)13(12)18-3/h6,8H,4-5,7H2,1-3H3/b8-6+. The fourth-order valence-electron chi connectivity index (χ4n) is 1.96. The molecule has 0 radical (unpaired) electrons. The van der Waals surface area contributed by atoms with Crippen LogP contribution in [0.1, 0.15) is 19.8 Å². The van der Waals surface area contributed by atoms with Crippen LogP contribution in [0.4, 0.5) is 0 Å². The van der Waals surface area contributed by atoms with Gasteiger partial charge in [0.05, 0.1) is 20.8 Å². The van der Waals surface area contributed by atoms with Crippen molar-refractivity contribution in [2.75, 3.05) is 20.8 Å². The minimum Gasteiger partial charge on any atom is -0.467 e. The minimum atomic E-state index is -1.41. The third-order valence-corrected chi connectivity index (χ3v) is 2.81. The van der Waals surface area contributed by atoms with Crippen LogP contribution in [0.3, 0.4) is 0 Å². The Morgan fingerprint density at radius 3 is 2.63 bits per heavy atom.